The molecular weight excluding hydrogens is 364 g/mol. The number of ether oxygens (including phenoxy) is 2. The second-order valence-corrected chi connectivity index (χ2v) is 10.3. The number of carboxylic acid groups (broad SMARTS) is 1. The first-order valence-corrected chi connectivity index (χ1v) is 11.6. The molecule has 160 valence electrons. The van der Waals surface area contributed by atoms with Crippen molar-refractivity contribution in [3.8, 4) is 5.75 Å². The van der Waals surface area contributed by atoms with E-state index in [0.717, 1.165) is 42.6 Å². The number of fused-ring (bicyclic) bond motifs is 1. The molecule has 1 aromatic rings. The molecule has 0 saturated heterocycles. The van der Waals surface area contributed by atoms with Crippen molar-refractivity contribution in [2.24, 2.45) is 11.8 Å². The van der Waals surface area contributed by atoms with Crippen LogP contribution >= 0.6 is 0 Å². The van der Waals surface area contributed by atoms with Crippen molar-refractivity contribution in [1.29, 1.82) is 0 Å². The van der Waals surface area contributed by atoms with Crippen molar-refractivity contribution >= 4 is 5.97 Å². The first-order chi connectivity index (χ1) is 13.8. The van der Waals surface area contributed by atoms with Crippen molar-refractivity contribution < 1.29 is 19.4 Å². The van der Waals surface area contributed by atoms with Gasteiger partial charge < -0.3 is 14.6 Å². The van der Waals surface area contributed by atoms with Crippen molar-refractivity contribution in [1.82, 2.24) is 0 Å². The minimum absolute atomic E-state index is 0.128. The van der Waals surface area contributed by atoms with Crippen molar-refractivity contribution in [3.63, 3.8) is 0 Å². The fourth-order valence-corrected chi connectivity index (χ4v) is 6.06. The van der Waals surface area contributed by atoms with Gasteiger partial charge in [0.1, 0.15) is 11.4 Å². The summed E-state index contributed by atoms with van der Waals surface area (Å²) in [6.07, 6.45) is 10.6. The molecule has 1 atom stereocenters. The monoisotopic (exact) mass is 400 g/mol. The SMILES string of the molecule is CC(C)(C)c1cccc2c1OC(C(=O)O)OC2(C1CCCCC1)C1CCCCC1. The lowest BCUT2D eigenvalue weighted by molar-refractivity contribution is -0.252. The van der Waals surface area contributed by atoms with Crippen LogP contribution < -0.4 is 4.74 Å². The quantitative estimate of drug-likeness (QED) is 0.660. The fraction of sp³-hybridized carbons (Fsp3) is 0.720. The molecule has 0 radical (unpaired) electrons. The van der Waals surface area contributed by atoms with Gasteiger partial charge in [0, 0.05) is 11.1 Å². The van der Waals surface area contributed by atoms with E-state index in [1.54, 1.807) is 0 Å². The van der Waals surface area contributed by atoms with E-state index < -0.39 is 17.9 Å². The lowest BCUT2D eigenvalue weighted by atomic mass is 9.62. The topological polar surface area (TPSA) is 55.8 Å². The van der Waals surface area contributed by atoms with Crippen LogP contribution in [0.2, 0.25) is 0 Å². The van der Waals surface area contributed by atoms with Gasteiger partial charge in [-0.1, -0.05) is 77.5 Å². The number of rotatable bonds is 3. The molecule has 29 heavy (non-hydrogen) atoms. The summed E-state index contributed by atoms with van der Waals surface area (Å²) in [6.45, 7) is 6.50. The summed E-state index contributed by atoms with van der Waals surface area (Å²) < 4.78 is 12.7. The summed E-state index contributed by atoms with van der Waals surface area (Å²) in [7, 11) is 0. The van der Waals surface area contributed by atoms with Crippen molar-refractivity contribution in [2.45, 2.75) is 102 Å². The van der Waals surface area contributed by atoms with E-state index in [1.165, 1.54) is 38.5 Å². The van der Waals surface area contributed by atoms with Crippen LogP contribution in [0, 0.1) is 11.8 Å². The third-order valence-corrected chi connectivity index (χ3v) is 7.40. The Kier molecular flexibility index (Phi) is 5.67. The maximum atomic E-state index is 12.1. The highest BCUT2D eigenvalue weighted by molar-refractivity contribution is 5.72. The summed E-state index contributed by atoms with van der Waals surface area (Å²) in [6, 6.07) is 6.37. The van der Waals surface area contributed by atoms with Crippen LogP contribution in [0.15, 0.2) is 18.2 Å². The average Bonchev–Trinajstić information content (AvgIpc) is 2.73. The Morgan fingerprint density at radius 1 is 0.966 bits per heavy atom. The molecule has 1 N–H and O–H groups in total. The molecule has 2 fully saturated rings. The third kappa shape index (κ3) is 3.69. The first kappa shape index (κ1) is 20.7. The molecule has 1 unspecified atom stereocenters. The van der Waals surface area contributed by atoms with Crippen LogP contribution in [-0.4, -0.2) is 17.4 Å². The zero-order chi connectivity index (χ0) is 20.6. The van der Waals surface area contributed by atoms with E-state index >= 15 is 0 Å². The summed E-state index contributed by atoms with van der Waals surface area (Å²) in [5.74, 6) is 0.475. The number of carbonyl (C=O) groups is 1. The van der Waals surface area contributed by atoms with Gasteiger partial charge in [0.15, 0.2) is 0 Å². The normalized spacial score (nSPS) is 25.8. The largest absolute Gasteiger partial charge is 0.477 e. The molecule has 2 aliphatic carbocycles. The molecule has 1 heterocycles. The van der Waals surface area contributed by atoms with E-state index in [1.807, 2.05) is 0 Å². The summed E-state index contributed by atoms with van der Waals surface area (Å²) in [5.41, 5.74) is 1.52. The molecule has 1 aliphatic heterocycles. The van der Waals surface area contributed by atoms with Gasteiger partial charge in [-0.15, -0.1) is 0 Å². The van der Waals surface area contributed by atoms with E-state index in [2.05, 4.69) is 39.0 Å². The molecule has 4 heteroatoms. The van der Waals surface area contributed by atoms with Crippen LogP contribution in [0.1, 0.15) is 96.1 Å². The van der Waals surface area contributed by atoms with E-state index in [0.29, 0.717) is 11.8 Å². The smallest absolute Gasteiger partial charge is 0.373 e. The molecule has 2 saturated carbocycles. The standard InChI is InChI=1S/C25H36O4/c1-24(2,3)19-15-10-16-20-21(19)28-23(22(26)27)29-25(20,17-11-6-4-7-12-17)18-13-8-5-9-14-18/h10,15-18,23H,4-9,11-14H2,1-3H3,(H,26,27). The molecule has 4 nitrogen and oxygen atoms in total. The van der Waals surface area contributed by atoms with E-state index in [4.69, 9.17) is 9.47 Å². The minimum atomic E-state index is -1.23. The molecule has 4 rings (SSSR count). The summed E-state index contributed by atoms with van der Waals surface area (Å²) >= 11 is 0. The van der Waals surface area contributed by atoms with E-state index in [9.17, 15) is 9.90 Å². The Balaban J connectivity index is 1.92. The highest BCUT2D eigenvalue weighted by atomic mass is 16.7. The number of hydrogen-bond acceptors (Lipinski definition) is 3. The first-order valence-electron chi connectivity index (χ1n) is 11.6. The lowest BCUT2D eigenvalue weighted by Gasteiger charge is -2.53. The highest BCUT2D eigenvalue weighted by Gasteiger charge is 2.55. The Labute approximate surface area is 175 Å². The number of aliphatic carboxylic acids is 1. The minimum Gasteiger partial charge on any atom is -0.477 e. The second-order valence-electron chi connectivity index (χ2n) is 10.3. The molecule has 0 bridgehead atoms. The zero-order valence-corrected chi connectivity index (χ0v) is 18.2. The van der Waals surface area contributed by atoms with Gasteiger partial charge in [0.25, 0.3) is 6.29 Å². The number of carboxylic acids is 1. The fourth-order valence-electron chi connectivity index (χ4n) is 6.06. The number of benzene rings is 1. The van der Waals surface area contributed by atoms with Gasteiger partial charge in [0.05, 0.1) is 0 Å². The molecular formula is C25H36O4. The van der Waals surface area contributed by atoms with Crippen LogP contribution in [0.4, 0.5) is 0 Å². The molecule has 1 aromatic carbocycles. The van der Waals surface area contributed by atoms with Gasteiger partial charge in [-0.05, 0) is 42.9 Å². The highest BCUT2D eigenvalue weighted by Crippen LogP contribution is 2.57. The Bertz CT molecular complexity index is 718. The van der Waals surface area contributed by atoms with Crippen LogP contribution in [-0.2, 0) is 20.5 Å². The summed E-state index contributed by atoms with van der Waals surface area (Å²) in [5, 5.41) is 9.94. The van der Waals surface area contributed by atoms with E-state index in [-0.39, 0.29) is 5.41 Å². The second kappa shape index (κ2) is 7.94. The molecule has 0 spiro atoms. The molecule has 0 aromatic heterocycles. The Hall–Kier alpha value is -1.55. The summed E-state index contributed by atoms with van der Waals surface area (Å²) in [4.78, 5) is 12.1. The molecule has 3 aliphatic rings. The number of para-hydroxylation sites is 1. The van der Waals surface area contributed by atoms with Crippen LogP contribution in [0.5, 0.6) is 5.75 Å². The van der Waals surface area contributed by atoms with Crippen molar-refractivity contribution in [2.75, 3.05) is 0 Å². The molecule has 0 amide bonds. The average molecular weight is 401 g/mol. The predicted octanol–water partition coefficient (Wildman–Crippen LogP) is 6.16. The van der Waals surface area contributed by atoms with Crippen LogP contribution in [0.25, 0.3) is 0 Å². The zero-order valence-electron chi connectivity index (χ0n) is 18.2. The van der Waals surface area contributed by atoms with Crippen molar-refractivity contribution in [3.05, 3.63) is 29.3 Å². The third-order valence-electron chi connectivity index (χ3n) is 7.40. The van der Waals surface area contributed by atoms with Gasteiger partial charge in [-0.25, -0.2) is 4.79 Å². The predicted molar refractivity (Wildman–Crippen MR) is 113 cm³/mol. The number of hydrogen-bond donors (Lipinski definition) is 1. The Morgan fingerprint density at radius 3 is 2.00 bits per heavy atom. The van der Waals surface area contributed by atoms with Gasteiger partial charge in [-0.3, -0.25) is 0 Å². The van der Waals surface area contributed by atoms with Gasteiger partial charge in [0.2, 0.25) is 0 Å². The maximum absolute atomic E-state index is 12.1. The Morgan fingerprint density at radius 2 is 1.52 bits per heavy atom. The maximum Gasteiger partial charge on any atom is 0.373 e. The van der Waals surface area contributed by atoms with Crippen LogP contribution in [0.3, 0.4) is 0 Å². The van der Waals surface area contributed by atoms with Gasteiger partial charge in [-0.2, -0.15) is 0 Å². The van der Waals surface area contributed by atoms with Gasteiger partial charge >= 0.3 is 5.97 Å². The lowest BCUT2D eigenvalue weighted by Crippen LogP contribution is -2.54.